The third kappa shape index (κ3) is 4.75. The summed E-state index contributed by atoms with van der Waals surface area (Å²) in [5.74, 6) is 0.953. The molecule has 28 heavy (non-hydrogen) atoms. The molecule has 1 saturated heterocycles. The lowest BCUT2D eigenvalue weighted by Crippen LogP contribution is -2.37. The highest BCUT2D eigenvalue weighted by Gasteiger charge is 2.24. The van der Waals surface area contributed by atoms with Gasteiger partial charge in [0.05, 0.1) is 26.9 Å². The van der Waals surface area contributed by atoms with E-state index >= 15 is 0 Å². The van der Waals surface area contributed by atoms with Crippen LogP contribution in [0.25, 0.3) is 0 Å². The van der Waals surface area contributed by atoms with Gasteiger partial charge in [-0.2, -0.15) is 0 Å². The van der Waals surface area contributed by atoms with Gasteiger partial charge in [0.1, 0.15) is 6.10 Å². The Morgan fingerprint density at radius 3 is 2.11 bits per heavy atom. The summed E-state index contributed by atoms with van der Waals surface area (Å²) in [5.41, 5.74) is 1.69. The van der Waals surface area contributed by atoms with Crippen molar-refractivity contribution in [2.75, 3.05) is 34.4 Å². The molecule has 0 radical (unpaired) electrons. The van der Waals surface area contributed by atoms with E-state index in [0.717, 1.165) is 32.5 Å². The molecule has 1 heterocycles. The molecule has 0 saturated carbocycles. The van der Waals surface area contributed by atoms with Gasteiger partial charge in [-0.3, -0.25) is 4.90 Å². The van der Waals surface area contributed by atoms with Gasteiger partial charge in [-0.25, -0.2) is 4.79 Å². The van der Waals surface area contributed by atoms with E-state index in [0.29, 0.717) is 22.8 Å². The van der Waals surface area contributed by atoms with Crippen molar-refractivity contribution in [1.29, 1.82) is 0 Å². The quantitative estimate of drug-likeness (QED) is 0.680. The summed E-state index contributed by atoms with van der Waals surface area (Å²) in [6.07, 6.45) is 1.56. The molecule has 150 valence electrons. The van der Waals surface area contributed by atoms with E-state index in [1.165, 1.54) is 26.9 Å². The molecule has 1 aliphatic rings. The summed E-state index contributed by atoms with van der Waals surface area (Å²) < 4.78 is 21.6. The predicted octanol–water partition coefficient (Wildman–Crippen LogP) is 3.53. The van der Waals surface area contributed by atoms with Gasteiger partial charge < -0.3 is 18.9 Å². The van der Waals surface area contributed by atoms with Gasteiger partial charge in [-0.05, 0) is 30.5 Å². The highest BCUT2D eigenvalue weighted by Crippen LogP contribution is 2.38. The number of nitrogens with zero attached hydrogens (tertiary/aromatic N) is 1. The van der Waals surface area contributed by atoms with Crippen molar-refractivity contribution in [2.45, 2.75) is 25.5 Å². The number of piperidine rings is 1. The van der Waals surface area contributed by atoms with E-state index < -0.39 is 0 Å². The van der Waals surface area contributed by atoms with Gasteiger partial charge >= 0.3 is 5.97 Å². The number of methoxy groups -OCH3 is 3. The Hall–Kier alpha value is -2.73. The van der Waals surface area contributed by atoms with Gasteiger partial charge in [-0.15, -0.1) is 0 Å². The van der Waals surface area contributed by atoms with Crippen LogP contribution in [-0.2, 0) is 11.3 Å². The average Bonchev–Trinajstić information content (AvgIpc) is 2.74. The Morgan fingerprint density at radius 2 is 1.57 bits per heavy atom. The number of ether oxygens (including phenoxy) is 4. The smallest absolute Gasteiger partial charge is 0.338 e. The highest BCUT2D eigenvalue weighted by molar-refractivity contribution is 5.91. The topological polar surface area (TPSA) is 57.2 Å². The molecule has 6 nitrogen and oxygen atoms in total. The maximum absolute atomic E-state index is 12.6. The largest absolute Gasteiger partial charge is 0.493 e. The van der Waals surface area contributed by atoms with Crippen molar-refractivity contribution >= 4 is 5.97 Å². The molecule has 0 aliphatic carbocycles. The molecule has 0 atom stereocenters. The monoisotopic (exact) mass is 385 g/mol. The first-order chi connectivity index (χ1) is 13.6. The number of rotatable bonds is 7. The molecule has 2 aromatic rings. The van der Waals surface area contributed by atoms with Crippen LogP contribution in [0.1, 0.15) is 28.8 Å². The first-order valence-corrected chi connectivity index (χ1v) is 9.42. The third-order valence-electron chi connectivity index (χ3n) is 4.96. The minimum absolute atomic E-state index is 0.0846. The van der Waals surface area contributed by atoms with Crippen molar-refractivity contribution in [3.05, 3.63) is 53.6 Å². The van der Waals surface area contributed by atoms with Crippen LogP contribution < -0.4 is 14.2 Å². The molecule has 3 rings (SSSR count). The van der Waals surface area contributed by atoms with Crippen LogP contribution in [0.2, 0.25) is 0 Å². The molecule has 0 aromatic heterocycles. The summed E-state index contributed by atoms with van der Waals surface area (Å²) in [4.78, 5) is 15.0. The standard InChI is InChI=1S/C22H27NO5/c1-25-19-13-17(14-20(26-2)21(19)27-3)22(24)28-18-9-11-23(12-10-18)15-16-7-5-4-6-8-16/h4-8,13-14,18H,9-12,15H2,1-3H3. The zero-order valence-corrected chi connectivity index (χ0v) is 16.6. The first-order valence-electron chi connectivity index (χ1n) is 9.42. The Morgan fingerprint density at radius 1 is 0.964 bits per heavy atom. The van der Waals surface area contributed by atoms with E-state index in [-0.39, 0.29) is 12.1 Å². The van der Waals surface area contributed by atoms with Crippen LogP contribution in [-0.4, -0.2) is 51.4 Å². The lowest BCUT2D eigenvalue weighted by molar-refractivity contribution is 0.0103. The summed E-state index contributed by atoms with van der Waals surface area (Å²) in [6.45, 7) is 2.73. The molecule has 0 amide bonds. The molecule has 0 spiro atoms. The van der Waals surface area contributed by atoms with Crippen LogP contribution in [0.3, 0.4) is 0 Å². The molecule has 1 fully saturated rings. The Bertz CT molecular complexity index is 760. The molecule has 6 heteroatoms. The zero-order chi connectivity index (χ0) is 19.9. The van der Waals surface area contributed by atoms with Gasteiger partial charge in [-0.1, -0.05) is 30.3 Å². The molecule has 0 N–H and O–H groups in total. The van der Waals surface area contributed by atoms with E-state index in [2.05, 4.69) is 29.2 Å². The number of hydrogen-bond acceptors (Lipinski definition) is 6. The normalized spacial score (nSPS) is 15.1. The molecular weight excluding hydrogens is 358 g/mol. The summed E-state index contributed by atoms with van der Waals surface area (Å²) in [5, 5.41) is 0. The second-order valence-corrected chi connectivity index (χ2v) is 6.78. The number of esters is 1. The predicted molar refractivity (Wildman–Crippen MR) is 106 cm³/mol. The van der Waals surface area contributed by atoms with Gasteiger partial charge in [0, 0.05) is 19.6 Å². The van der Waals surface area contributed by atoms with E-state index in [4.69, 9.17) is 18.9 Å². The zero-order valence-electron chi connectivity index (χ0n) is 16.6. The lowest BCUT2D eigenvalue weighted by Gasteiger charge is -2.31. The van der Waals surface area contributed by atoms with E-state index in [1.807, 2.05) is 6.07 Å². The number of likely N-dealkylation sites (tertiary alicyclic amines) is 1. The summed E-state index contributed by atoms with van der Waals surface area (Å²) in [6, 6.07) is 13.6. The maximum Gasteiger partial charge on any atom is 0.338 e. The van der Waals surface area contributed by atoms with Crippen molar-refractivity contribution in [3.8, 4) is 17.2 Å². The van der Waals surface area contributed by atoms with Crippen LogP contribution >= 0.6 is 0 Å². The van der Waals surface area contributed by atoms with Crippen molar-refractivity contribution in [1.82, 2.24) is 4.90 Å². The maximum atomic E-state index is 12.6. The second-order valence-electron chi connectivity index (χ2n) is 6.78. The van der Waals surface area contributed by atoms with Crippen molar-refractivity contribution < 1.29 is 23.7 Å². The number of benzene rings is 2. The third-order valence-corrected chi connectivity index (χ3v) is 4.96. The minimum atomic E-state index is -0.374. The Balaban J connectivity index is 1.58. The molecule has 0 unspecified atom stereocenters. The van der Waals surface area contributed by atoms with Gasteiger partial charge in [0.15, 0.2) is 11.5 Å². The minimum Gasteiger partial charge on any atom is -0.493 e. The van der Waals surface area contributed by atoms with Crippen molar-refractivity contribution in [2.24, 2.45) is 0 Å². The van der Waals surface area contributed by atoms with Crippen molar-refractivity contribution in [3.63, 3.8) is 0 Å². The van der Waals surface area contributed by atoms with Crippen LogP contribution in [0.5, 0.6) is 17.2 Å². The number of carbonyl (C=O) groups is 1. The number of hydrogen-bond donors (Lipinski definition) is 0. The van der Waals surface area contributed by atoms with Crippen LogP contribution in [0.4, 0.5) is 0 Å². The molecule has 0 bridgehead atoms. The molecule has 2 aromatic carbocycles. The summed E-state index contributed by atoms with van der Waals surface area (Å²) >= 11 is 0. The molecule has 1 aliphatic heterocycles. The average molecular weight is 385 g/mol. The highest BCUT2D eigenvalue weighted by atomic mass is 16.5. The van der Waals surface area contributed by atoms with Gasteiger partial charge in [0.25, 0.3) is 0 Å². The SMILES string of the molecule is COc1cc(C(=O)OC2CCN(Cc3ccccc3)CC2)cc(OC)c1OC. The van der Waals surface area contributed by atoms with E-state index in [9.17, 15) is 4.79 Å². The summed E-state index contributed by atoms with van der Waals surface area (Å²) in [7, 11) is 4.57. The van der Waals surface area contributed by atoms with E-state index in [1.54, 1.807) is 12.1 Å². The molecular formula is C22H27NO5. The van der Waals surface area contributed by atoms with Gasteiger partial charge in [0.2, 0.25) is 5.75 Å². The lowest BCUT2D eigenvalue weighted by atomic mass is 10.1. The van der Waals surface area contributed by atoms with Crippen LogP contribution in [0, 0.1) is 0 Å². The van der Waals surface area contributed by atoms with Crippen LogP contribution in [0.15, 0.2) is 42.5 Å². The Kier molecular flexibility index (Phi) is 6.76. The fourth-order valence-electron chi connectivity index (χ4n) is 3.45. The fourth-order valence-corrected chi connectivity index (χ4v) is 3.45. The number of carbonyl (C=O) groups excluding carboxylic acids is 1. The fraction of sp³-hybridized carbons (Fsp3) is 0.409. The first kappa shape index (κ1) is 20.0. The second kappa shape index (κ2) is 9.46. The Labute approximate surface area is 166 Å².